The van der Waals surface area contributed by atoms with Crippen molar-refractivity contribution < 1.29 is 0 Å². The lowest BCUT2D eigenvalue weighted by Gasteiger charge is -2.14. The standard InChI is InChI=1S/C18H24N4S2.HI/c1-19-18(21-12-16-8-5-11-23-16)20-10-9-15-13-24-17(22-15)14-6-3-2-4-7-14;/h2-4,6-7,13,16H,5,8-12H2,1H3,(H2,19,20,21);1H. The molecule has 3 rings (SSSR count). The van der Waals surface area contributed by atoms with Gasteiger partial charge in [-0.05, 0) is 18.6 Å². The number of thioether (sulfide) groups is 1. The van der Waals surface area contributed by atoms with Crippen LogP contribution in [0.4, 0.5) is 0 Å². The van der Waals surface area contributed by atoms with Gasteiger partial charge in [-0.1, -0.05) is 30.3 Å². The van der Waals surface area contributed by atoms with E-state index in [2.05, 4.69) is 57.0 Å². The van der Waals surface area contributed by atoms with E-state index >= 15 is 0 Å². The van der Waals surface area contributed by atoms with Gasteiger partial charge < -0.3 is 10.6 Å². The molecule has 0 aliphatic carbocycles. The van der Waals surface area contributed by atoms with E-state index in [1.807, 2.05) is 13.1 Å². The largest absolute Gasteiger partial charge is 0.356 e. The fourth-order valence-corrected chi connectivity index (χ4v) is 4.74. The van der Waals surface area contributed by atoms with E-state index in [1.165, 1.54) is 24.2 Å². The lowest BCUT2D eigenvalue weighted by atomic mass is 10.2. The Morgan fingerprint density at radius 1 is 1.28 bits per heavy atom. The number of aromatic nitrogens is 1. The van der Waals surface area contributed by atoms with Gasteiger partial charge >= 0.3 is 0 Å². The average Bonchev–Trinajstić information content (AvgIpc) is 3.30. The smallest absolute Gasteiger partial charge is 0.191 e. The molecular weight excluding hydrogens is 463 g/mol. The molecule has 2 heterocycles. The maximum Gasteiger partial charge on any atom is 0.191 e. The highest BCUT2D eigenvalue weighted by Gasteiger charge is 2.15. The molecule has 0 amide bonds. The minimum absolute atomic E-state index is 0. The molecule has 1 unspecified atom stereocenters. The first kappa shape index (κ1) is 20.5. The van der Waals surface area contributed by atoms with Crippen molar-refractivity contribution in [2.24, 2.45) is 4.99 Å². The van der Waals surface area contributed by atoms with Crippen LogP contribution in [0.3, 0.4) is 0 Å². The summed E-state index contributed by atoms with van der Waals surface area (Å²) in [6.07, 6.45) is 3.56. The summed E-state index contributed by atoms with van der Waals surface area (Å²) < 4.78 is 0. The molecule has 2 N–H and O–H groups in total. The highest BCUT2D eigenvalue weighted by molar-refractivity contribution is 14.0. The van der Waals surface area contributed by atoms with Gasteiger partial charge in [0.15, 0.2) is 5.96 Å². The number of nitrogens with zero attached hydrogens (tertiary/aromatic N) is 2. The Morgan fingerprint density at radius 2 is 2.12 bits per heavy atom. The maximum absolute atomic E-state index is 4.73. The highest BCUT2D eigenvalue weighted by Crippen LogP contribution is 2.25. The quantitative estimate of drug-likeness (QED) is 0.366. The Labute approximate surface area is 175 Å². The van der Waals surface area contributed by atoms with Crippen LogP contribution >= 0.6 is 47.1 Å². The van der Waals surface area contributed by atoms with Crippen LogP contribution in [0.5, 0.6) is 0 Å². The number of thiazole rings is 1. The third kappa shape index (κ3) is 6.45. The summed E-state index contributed by atoms with van der Waals surface area (Å²) in [6.45, 7) is 1.84. The molecule has 1 aromatic heterocycles. The van der Waals surface area contributed by atoms with Crippen molar-refractivity contribution in [1.82, 2.24) is 15.6 Å². The van der Waals surface area contributed by atoms with Crippen molar-refractivity contribution in [1.29, 1.82) is 0 Å². The average molecular weight is 488 g/mol. The Morgan fingerprint density at radius 3 is 2.84 bits per heavy atom. The van der Waals surface area contributed by atoms with E-state index in [1.54, 1.807) is 11.3 Å². The minimum atomic E-state index is 0. The normalized spacial score (nSPS) is 17.2. The molecule has 0 bridgehead atoms. The molecule has 0 saturated carbocycles. The van der Waals surface area contributed by atoms with Gasteiger partial charge in [0.05, 0.1) is 5.69 Å². The van der Waals surface area contributed by atoms with Crippen LogP contribution in [0.2, 0.25) is 0 Å². The predicted molar refractivity (Wildman–Crippen MR) is 122 cm³/mol. The van der Waals surface area contributed by atoms with Crippen LogP contribution in [0, 0.1) is 0 Å². The summed E-state index contributed by atoms with van der Waals surface area (Å²) in [7, 11) is 1.83. The van der Waals surface area contributed by atoms with E-state index in [9.17, 15) is 0 Å². The van der Waals surface area contributed by atoms with Crippen LogP contribution in [0.25, 0.3) is 10.6 Å². The number of hydrogen-bond acceptors (Lipinski definition) is 4. The summed E-state index contributed by atoms with van der Waals surface area (Å²) >= 11 is 3.77. The van der Waals surface area contributed by atoms with Crippen LogP contribution < -0.4 is 10.6 Å². The van der Waals surface area contributed by atoms with Gasteiger partial charge in [-0.2, -0.15) is 11.8 Å². The molecule has 1 aliphatic rings. The number of nitrogens with one attached hydrogen (secondary N) is 2. The van der Waals surface area contributed by atoms with Gasteiger partial charge in [-0.25, -0.2) is 4.98 Å². The molecule has 1 aliphatic heterocycles. The number of aliphatic imine (C=N–C) groups is 1. The SMILES string of the molecule is CN=C(NCCc1csc(-c2ccccc2)n1)NCC1CCCS1.I. The zero-order valence-electron chi connectivity index (χ0n) is 14.4. The Kier molecular flexibility index (Phi) is 9.05. The summed E-state index contributed by atoms with van der Waals surface area (Å²) in [5, 5.41) is 10.8. The third-order valence-electron chi connectivity index (χ3n) is 3.99. The zero-order valence-corrected chi connectivity index (χ0v) is 18.4. The first-order valence-electron chi connectivity index (χ1n) is 8.41. The fourth-order valence-electron chi connectivity index (χ4n) is 2.68. The molecule has 25 heavy (non-hydrogen) atoms. The van der Waals surface area contributed by atoms with Crippen molar-refractivity contribution >= 4 is 53.0 Å². The molecule has 0 radical (unpaired) electrons. The molecule has 1 aromatic carbocycles. The summed E-state index contributed by atoms with van der Waals surface area (Å²) in [5.41, 5.74) is 2.32. The molecule has 2 aromatic rings. The topological polar surface area (TPSA) is 49.3 Å². The van der Waals surface area contributed by atoms with Gasteiger partial charge in [0.1, 0.15) is 5.01 Å². The van der Waals surface area contributed by atoms with Crippen molar-refractivity contribution in [2.45, 2.75) is 24.5 Å². The predicted octanol–water partition coefficient (Wildman–Crippen LogP) is 4.03. The van der Waals surface area contributed by atoms with Gasteiger partial charge in [-0.15, -0.1) is 35.3 Å². The molecule has 0 spiro atoms. The molecule has 1 atom stereocenters. The molecule has 7 heteroatoms. The van der Waals surface area contributed by atoms with Crippen LogP contribution in [0.15, 0.2) is 40.7 Å². The highest BCUT2D eigenvalue weighted by atomic mass is 127. The molecule has 136 valence electrons. The maximum atomic E-state index is 4.73. The summed E-state index contributed by atoms with van der Waals surface area (Å²) in [4.78, 5) is 9.03. The number of hydrogen-bond donors (Lipinski definition) is 2. The number of guanidine groups is 1. The van der Waals surface area contributed by atoms with Crippen LogP contribution in [0.1, 0.15) is 18.5 Å². The number of benzene rings is 1. The van der Waals surface area contributed by atoms with Crippen LogP contribution in [-0.4, -0.2) is 42.1 Å². The Balaban J connectivity index is 0.00000225. The first-order chi connectivity index (χ1) is 11.8. The Hall–Kier alpha value is -0.800. The Bertz CT molecular complexity index is 654. The second-order valence-electron chi connectivity index (χ2n) is 5.77. The zero-order chi connectivity index (χ0) is 16.6. The van der Waals surface area contributed by atoms with E-state index in [0.29, 0.717) is 0 Å². The molecule has 1 fully saturated rings. The molecule has 1 saturated heterocycles. The van der Waals surface area contributed by atoms with Crippen molar-refractivity contribution in [2.75, 3.05) is 25.9 Å². The van der Waals surface area contributed by atoms with Crippen molar-refractivity contribution in [3.63, 3.8) is 0 Å². The van der Waals surface area contributed by atoms with E-state index < -0.39 is 0 Å². The van der Waals surface area contributed by atoms with E-state index in [4.69, 9.17) is 4.98 Å². The first-order valence-corrected chi connectivity index (χ1v) is 10.3. The summed E-state index contributed by atoms with van der Waals surface area (Å²) in [6, 6.07) is 10.3. The second-order valence-corrected chi connectivity index (χ2v) is 8.04. The minimum Gasteiger partial charge on any atom is -0.356 e. The lowest BCUT2D eigenvalue weighted by Crippen LogP contribution is -2.40. The number of halogens is 1. The summed E-state index contributed by atoms with van der Waals surface area (Å²) in [5.74, 6) is 2.19. The fraction of sp³-hybridized carbons (Fsp3) is 0.444. The molecule has 4 nitrogen and oxygen atoms in total. The van der Waals surface area contributed by atoms with Gasteiger partial charge in [0.25, 0.3) is 0 Å². The monoisotopic (exact) mass is 488 g/mol. The van der Waals surface area contributed by atoms with Crippen molar-refractivity contribution in [3.05, 3.63) is 41.4 Å². The number of rotatable bonds is 6. The van der Waals surface area contributed by atoms with Crippen LogP contribution in [-0.2, 0) is 6.42 Å². The lowest BCUT2D eigenvalue weighted by molar-refractivity contribution is 0.723. The van der Waals surface area contributed by atoms with E-state index in [-0.39, 0.29) is 24.0 Å². The van der Waals surface area contributed by atoms with E-state index in [0.717, 1.165) is 41.4 Å². The van der Waals surface area contributed by atoms with Crippen molar-refractivity contribution in [3.8, 4) is 10.6 Å². The second kappa shape index (κ2) is 11.0. The van der Waals surface area contributed by atoms with Gasteiger partial charge in [-0.3, -0.25) is 4.99 Å². The van der Waals surface area contributed by atoms with Gasteiger partial charge in [0, 0.05) is 42.8 Å². The van der Waals surface area contributed by atoms with Gasteiger partial charge in [0.2, 0.25) is 0 Å². The molecular formula is C18H25IN4S2. The third-order valence-corrected chi connectivity index (χ3v) is 6.33.